The molecule has 8 heteroatoms. The molecule has 3 aromatic carbocycles. The van der Waals surface area contributed by atoms with E-state index in [9.17, 15) is 9.59 Å². The van der Waals surface area contributed by atoms with Gasteiger partial charge < -0.3 is 0 Å². The van der Waals surface area contributed by atoms with Crippen LogP contribution >= 0.6 is 39.1 Å². The summed E-state index contributed by atoms with van der Waals surface area (Å²) in [6.07, 6.45) is -0.951. The summed E-state index contributed by atoms with van der Waals surface area (Å²) >= 11 is 16.0. The van der Waals surface area contributed by atoms with Crippen LogP contribution in [-0.2, 0) is 14.4 Å². The first-order valence-corrected chi connectivity index (χ1v) is 11.1. The lowest BCUT2D eigenvalue weighted by molar-refractivity contribution is -0.126. The molecule has 0 spiro atoms. The molecule has 0 aliphatic carbocycles. The highest BCUT2D eigenvalue weighted by molar-refractivity contribution is 9.10. The minimum Gasteiger partial charge on any atom is -0.273 e. The van der Waals surface area contributed by atoms with Crippen LogP contribution in [-0.4, -0.2) is 17.9 Å². The predicted molar refractivity (Wildman–Crippen MR) is 123 cm³/mol. The van der Waals surface area contributed by atoms with Crippen LogP contribution in [0.2, 0.25) is 10.0 Å². The normalized spacial score (nSPS) is 22.9. The van der Waals surface area contributed by atoms with Gasteiger partial charge in [0.05, 0.1) is 17.4 Å². The first-order chi connectivity index (χ1) is 15.0. The first kappa shape index (κ1) is 20.5. The average Bonchev–Trinajstić information content (AvgIpc) is 3.26. The van der Waals surface area contributed by atoms with Crippen molar-refractivity contribution in [2.24, 2.45) is 5.92 Å². The van der Waals surface area contributed by atoms with Crippen molar-refractivity contribution in [3.8, 4) is 0 Å². The number of hydrogen-bond acceptors (Lipinski definition) is 4. The topological polar surface area (TPSA) is 49.9 Å². The second-order valence-corrected chi connectivity index (χ2v) is 9.07. The molecule has 156 valence electrons. The van der Waals surface area contributed by atoms with Crippen LogP contribution in [0.3, 0.4) is 0 Å². The molecule has 2 aliphatic rings. The van der Waals surface area contributed by atoms with Gasteiger partial charge in [-0.25, -0.2) is 9.96 Å². The van der Waals surface area contributed by atoms with Crippen molar-refractivity contribution >= 4 is 62.3 Å². The summed E-state index contributed by atoms with van der Waals surface area (Å²) in [4.78, 5) is 34.1. The highest BCUT2D eigenvalue weighted by atomic mass is 79.9. The van der Waals surface area contributed by atoms with Crippen molar-refractivity contribution < 1.29 is 14.4 Å². The summed E-state index contributed by atoms with van der Waals surface area (Å²) in [6, 6.07) is 20.9. The summed E-state index contributed by atoms with van der Waals surface area (Å²) < 4.78 is 0.855. The largest absolute Gasteiger partial charge is 0.273 e. The molecular weight excluding hydrogens is 503 g/mol. The van der Waals surface area contributed by atoms with Gasteiger partial charge in [-0.05, 0) is 54.1 Å². The fourth-order valence-corrected chi connectivity index (χ4v) is 4.90. The van der Waals surface area contributed by atoms with Crippen LogP contribution < -0.4 is 9.96 Å². The van der Waals surface area contributed by atoms with E-state index >= 15 is 0 Å². The third-order valence-corrected chi connectivity index (χ3v) is 6.58. The Morgan fingerprint density at radius 1 is 0.839 bits per heavy atom. The van der Waals surface area contributed by atoms with Crippen molar-refractivity contribution in [2.75, 3.05) is 9.96 Å². The zero-order valence-electron chi connectivity index (χ0n) is 15.9. The van der Waals surface area contributed by atoms with Crippen LogP contribution in [0.1, 0.15) is 11.6 Å². The number of para-hydroxylation sites is 1. The lowest BCUT2D eigenvalue weighted by Crippen LogP contribution is -2.37. The molecule has 0 N–H and O–H groups in total. The SMILES string of the molecule is O=C1[C@@H]2[C@@H](ON(c3ccccc3)[C@H]2c2ccc(Cl)cc2Cl)C(=O)N1c1ccc(Br)cc1. The van der Waals surface area contributed by atoms with E-state index < -0.39 is 24.0 Å². The molecule has 3 aromatic rings. The molecular formula is C23H15BrCl2N2O3. The number of benzene rings is 3. The molecule has 2 heterocycles. The average molecular weight is 518 g/mol. The third-order valence-electron chi connectivity index (χ3n) is 5.49. The van der Waals surface area contributed by atoms with Gasteiger partial charge in [-0.1, -0.05) is 63.4 Å². The van der Waals surface area contributed by atoms with Gasteiger partial charge in [0.1, 0.15) is 5.92 Å². The van der Waals surface area contributed by atoms with E-state index in [-0.39, 0.29) is 5.91 Å². The molecule has 3 atom stereocenters. The number of carbonyl (C=O) groups excluding carboxylic acids is 2. The molecule has 5 rings (SSSR count). The van der Waals surface area contributed by atoms with Crippen LogP contribution in [0.25, 0.3) is 0 Å². The molecule has 2 saturated heterocycles. The van der Waals surface area contributed by atoms with Gasteiger partial charge >= 0.3 is 0 Å². The Labute approximate surface area is 197 Å². The van der Waals surface area contributed by atoms with Gasteiger partial charge in [-0.15, -0.1) is 0 Å². The molecule has 0 aromatic heterocycles. The van der Waals surface area contributed by atoms with E-state index in [1.165, 1.54) is 4.90 Å². The number of amides is 2. The van der Waals surface area contributed by atoms with Crippen molar-refractivity contribution in [3.63, 3.8) is 0 Å². The number of hydroxylamine groups is 1. The monoisotopic (exact) mass is 516 g/mol. The number of nitrogens with zero attached hydrogens (tertiary/aromatic N) is 2. The number of imide groups is 1. The first-order valence-electron chi connectivity index (χ1n) is 9.55. The quantitative estimate of drug-likeness (QED) is 0.411. The standard InChI is InChI=1S/C23H15BrCl2N2O3/c24-13-6-9-15(10-7-13)27-22(29)19-20(17-11-8-14(25)12-18(17)26)28(31-21(19)23(27)30)16-4-2-1-3-5-16/h1-12,19-21H/t19-,20-,21+/m0/s1. The summed E-state index contributed by atoms with van der Waals surface area (Å²) in [6.45, 7) is 0. The summed E-state index contributed by atoms with van der Waals surface area (Å²) in [5.74, 6) is -1.48. The summed E-state index contributed by atoms with van der Waals surface area (Å²) in [5, 5.41) is 2.50. The van der Waals surface area contributed by atoms with Gasteiger partial charge in [0.2, 0.25) is 5.91 Å². The van der Waals surface area contributed by atoms with Gasteiger partial charge in [0, 0.05) is 14.5 Å². The highest BCUT2D eigenvalue weighted by Gasteiger charge is 2.60. The second kappa shape index (κ2) is 7.95. The number of carbonyl (C=O) groups is 2. The van der Waals surface area contributed by atoms with E-state index in [4.69, 9.17) is 28.0 Å². The van der Waals surface area contributed by atoms with Gasteiger partial charge in [-0.3, -0.25) is 14.4 Å². The van der Waals surface area contributed by atoms with E-state index in [1.54, 1.807) is 47.5 Å². The summed E-state index contributed by atoms with van der Waals surface area (Å²) in [5.41, 5.74) is 1.90. The van der Waals surface area contributed by atoms with E-state index in [1.807, 2.05) is 30.3 Å². The molecule has 0 saturated carbocycles. The minimum atomic E-state index is -0.951. The van der Waals surface area contributed by atoms with E-state index in [0.29, 0.717) is 21.3 Å². The molecule has 31 heavy (non-hydrogen) atoms. The van der Waals surface area contributed by atoms with Crippen LogP contribution in [0.15, 0.2) is 77.3 Å². The maximum Gasteiger partial charge on any atom is 0.266 e. The molecule has 0 bridgehead atoms. The van der Waals surface area contributed by atoms with Gasteiger partial charge in [0.15, 0.2) is 6.10 Å². The molecule has 2 amide bonds. The van der Waals surface area contributed by atoms with Gasteiger partial charge in [-0.2, -0.15) is 0 Å². The molecule has 2 fully saturated rings. The second-order valence-electron chi connectivity index (χ2n) is 7.31. The molecule has 5 nitrogen and oxygen atoms in total. The Kier molecular flexibility index (Phi) is 5.26. The number of hydrogen-bond donors (Lipinski definition) is 0. The smallest absolute Gasteiger partial charge is 0.266 e. The lowest BCUT2D eigenvalue weighted by Gasteiger charge is -2.29. The van der Waals surface area contributed by atoms with Crippen LogP contribution in [0, 0.1) is 5.92 Å². The number of fused-ring (bicyclic) bond motifs is 1. The fourth-order valence-electron chi connectivity index (χ4n) is 4.12. The highest BCUT2D eigenvalue weighted by Crippen LogP contribution is 2.49. The maximum atomic E-state index is 13.5. The Bertz CT molecular complexity index is 1170. The Balaban J connectivity index is 1.61. The Morgan fingerprint density at radius 3 is 2.23 bits per heavy atom. The lowest BCUT2D eigenvalue weighted by atomic mass is 9.90. The third kappa shape index (κ3) is 3.44. The fraction of sp³-hybridized carbons (Fsp3) is 0.130. The van der Waals surface area contributed by atoms with Gasteiger partial charge in [0.25, 0.3) is 5.91 Å². The zero-order chi connectivity index (χ0) is 21.7. The Hall–Kier alpha value is -2.38. The van der Waals surface area contributed by atoms with Crippen molar-refractivity contribution in [2.45, 2.75) is 12.1 Å². The van der Waals surface area contributed by atoms with Crippen LogP contribution in [0.4, 0.5) is 11.4 Å². The van der Waals surface area contributed by atoms with Crippen molar-refractivity contribution in [3.05, 3.63) is 92.9 Å². The molecule has 0 radical (unpaired) electrons. The minimum absolute atomic E-state index is 0.327. The van der Waals surface area contributed by atoms with Crippen molar-refractivity contribution in [1.82, 2.24) is 0 Å². The van der Waals surface area contributed by atoms with Crippen LogP contribution in [0.5, 0.6) is 0 Å². The van der Waals surface area contributed by atoms with Crippen molar-refractivity contribution in [1.29, 1.82) is 0 Å². The molecule has 0 unspecified atom stereocenters. The maximum absolute atomic E-state index is 13.5. The zero-order valence-corrected chi connectivity index (χ0v) is 19.0. The number of halogens is 3. The number of anilines is 2. The molecule has 2 aliphatic heterocycles. The summed E-state index contributed by atoms with van der Waals surface area (Å²) in [7, 11) is 0. The van der Waals surface area contributed by atoms with E-state index in [0.717, 1.165) is 10.2 Å². The predicted octanol–water partition coefficient (Wildman–Crippen LogP) is 5.81. The van der Waals surface area contributed by atoms with E-state index in [2.05, 4.69) is 15.9 Å². The Morgan fingerprint density at radius 2 is 1.55 bits per heavy atom. The number of rotatable bonds is 3.